The summed E-state index contributed by atoms with van der Waals surface area (Å²) < 4.78 is 39.5. The average Bonchev–Trinajstić information content (AvgIpc) is 2.96. The SMILES string of the molecule is CCCCCCCCCCCOc1ccc(C(C)(C)C)cc1CCC(=O)O[C@@H]1COCC[C@@H]1OP(=O)(O)OC[C@H](N)C(=O)O. The molecule has 1 fully saturated rings. The van der Waals surface area contributed by atoms with E-state index in [-0.39, 0.29) is 31.5 Å². The predicted molar refractivity (Wildman–Crippen MR) is 168 cm³/mol. The van der Waals surface area contributed by atoms with Crippen LogP contribution >= 0.6 is 7.82 Å². The minimum absolute atomic E-state index is 0.0162. The number of benzene rings is 1. The van der Waals surface area contributed by atoms with Gasteiger partial charge in [0.05, 0.1) is 19.8 Å². The van der Waals surface area contributed by atoms with Crippen molar-refractivity contribution in [3.8, 4) is 5.75 Å². The van der Waals surface area contributed by atoms with Crippen molar-refractivity contribution in [1.29, 1.82) is 0 Å². The van der Waals surface area contributed by atoms with E-state index in [4.69, 9.17) is 34.1 Å². The van der Waals surface area contributed by atoms with E-state index in [0.717, 1.165) is 29.7 Å². The van der Waals surface area contributed by atoms with Gasteiger partial charge in [-0.3, -0.25) is 18.6 Å². The third-order valence-electron chi connectivity index (χ3n) is 7.56. The van der Waals surface area contributed by atoms with Crippen LogP contribution in [0.4, 0.5) is 0 Å². The second kappa shape index (κ2) is 19.5. The van der Waals surface area contributed by atoms with Gasteiger partial charge in [-0.15, -0.1) is 0 Å². The van der Waals surface area contributed by atoms with Gasteiger partial charge in [0.1, 0.15) is 17.9 Å². The lowest BCUT2D eigenvalue weighted by Crippen LogP contribution is -2.42. The largest absolute Gasteiger partial charge is 0.493 e. The van der Waals surface area contributed by atoms with E-state index in [1.54, 1.807) is 0 Å². The van der Waals surface area contributed by atoms with Crippen molar-refractivity contribution in [2.45, 2.75) is 128 Å². The van der Waals surface area contributed by atoms with Crippen LogP contribution in [0.25, 0.3) is 0 Å². The Hall–Kier alpha value is -2.01. The molecule has 0 aromatic heterocycles. The van der Waals surface area contributed by atoms with Crippen molar-refractivity contribution in [3.63, 3.8) is 0 Å². The van der Waals surface area contributed by atoms with E-state index in [2.05, 4.69) is 39.8 Å². The van der Waals surface area contributed by atoms with Gasteiger partial charge in [0.25, 0.3) is 0 Å². The van der Waals surface area contributed by atoms with Gasteiger partial charge in [-0.2, -0.15) is 0 Å². The molecule has 2 rings (SSSR count). The van der Waals surface area contributed by atoms with Crippen LogP contribution in [0.15, 0.2) is 18.2 Å². The summed E-state index contributed by atoms with van der Waals surface area (Å²) in [6.07, 6.45) is 9.83. The second-order valence-electron chi connectivity index (χ2n) is 12.5. The van der Waals surface area contributed by atoms with Gasteiger partial charge < -0.3 is 29.9 Å². The minimum atomic E-state index is -4.66. The Morgan fingerprint density at radius 1 is 1.07 bits per heavy atom. The number of rotatable bonds is 21. The van der Waals surface area contributed by atoms with Gasteiger partial charge in [0.2, 0.25) is 0 Å². The first-order valence-electron chi connectivity index (χ1n) is 16.0. The fourth-order valence-corrected chi connectivity index (χ4v) is 5.80. The molecule has 1 heterocycles. The Kier molecular flexibility index (Phi) is 16.9. The molecular weight excluding hydrogens is 589 g/mol. The van der Waals surface area contributed by atoms with Crippen LogP contribution in [0.1, 0.15) is 109 Å². The molecule has 252 valence electrons. The molecule has 1 saturated heterocycles. The van der Waals surface area contributed by atoms with E-state index in [1.807, 2.05) is 6.07 Å². The summed E-state index contributed by atoms with van der Waals surface area (Å²) in [7, 11) is -4.66. The van der Waals surface area contributed by atoms with Crippen molar-refractivity contribution in [2.24, 2.45) is 5.73 Å². The Morgan fingerprint density at radius 2 is 1.73 bits per heavy atom. The number of carboxylic acid groups (broad SMARTS) is 1. The minimum Gasteiger partial charge on any atom is -0.493 e. The van der Waals surface area contributed by atoms with Gasteiger partial charge in [-0.25, -0.2) is 4.57 Å². The second-order valence-corrected chi connectivity index (χ2v) is 13.9. The van der Waals surface area contributed by atoms with Gasteiger partial charge in [0, 0.05) is 19.4 Å². The first-order valence-corrected chi connectivity index (χ1v) is 17.5. The number of phosphoric ester groups is 1. The number of aryl methyl sites for hydroxylation is 1. The van der Waals surface area contributed by atoms with Crippen molar-refractivity contribution in [2.75, 3.05) is 26.4 Å². The molecule has 1 aromatic rings. The number of phosphoric acid groups is 1. The molecule has 44 heavy (non-hydrogen) atoms. The fraction of sp³-hybridized carbons (Fsp3) is 0.750. The molecule has 4 N–H and O–H groups in total. The zero-order chi connectivity index (χ0) is 32.6. The van der Waals surface area contributed by atoms with Gasteiger partial charge >= 0.3 is 19.8 Å². The summed E-state index contributed by atoms with van der Waals surface area (Å²) in [5, 5.41) is 8.86. The molecule has 4 atom stereocenters. The number of unbranched alkanes of at least 4 members (excludes halogenated alkanes) is 8. The maximum atomic E-state index is 12.9. The van der Waals surface area contributed by atoms with Crippen LogP contribution in [-0.4, -0.2) is 66.6 Å². The highest BCUT2D eigenvalue weighted by atomic mass is 31.2. The first-order chi connectivity index (χ1) is 20.8. The van der Waals surface area contributed by atoms with Crippen LogP contribution in [0.5, 0.6) is 5.75 Å². The van der Waals surface area contributed by atoms with E-state index in [0.29, 0.717) is 13.0 Å². The highest BCUT2D eigenvalue weighted by Crippen LogP contribution is 2.46. The Bertz CT molecular complexity index is 1060. The van der Waals surface area contributed by atoms with E-state index in [9.17, 15) is 19.0 Å². The van der Waals surface area contributed by atoms with Crippen molar-refractivity contribution in [1.82, 2.24) is 0 Å². The van der Waals surface area contributed by atoms with E-state index in [1.165, 1.54) is 44.9 Å². The third-order valence-corrected chi connectivity index (χ3v) is 8.57. The summed E-state index contributed by atoms with van der Waals surface area (Å²) in [6, 6.07) is 4.63. The average molecular weight is 644 g/mol. The Labute approximate surface area is 262 Å². The summed E-state index contributed by atoms with van der Waals surface area (Å²) >= 11 is 0. The molecule has 1 aromatic carbocycles. The monoisotopic (exact) mass is 643 g/mol. The van der Waals surface area contributed by atoms with Crippen LogP contribution in [0.2, 0.25) is 0 Å². The number of aliphatic carboxylic acids is 1. The standard InChI is InChI=1S/C32H54NO10P/c1-5-6-7-8-9-10-11-12-13-19-40-27-16-15-25(32(2,3)4)21-24(27)14-17-30(34)42-29-23-39-20-18-28(29)43-44(37,38)41-22-26(33)31(35)36/h15-16,21,26,28-29H,5-14,17-20,22-23,33H2,1-4H3,(H,35,36)(H,37,38)/t26-,28-,29+/m0/s1. The lowest BCUT2D eigenvalue weighted by atomic mass is 9.85. The number of ether oxygens (including phenoxy) is 3. The highest BCUT2D eigenvalue weighted by molar-refractivity contribution is 7.47. The molecule has 12 heteroatoms. The number of esters is 1. The topological polar surface area (TPSA) is 164 Å². The summed E-state index contributed by atoms with van der Waals surface area (Å²) in [5.41, 5.74) is 7.30. The molecule has 0 aliphatic carbocycles. The molecule has 0 amide bonds. The molecule has 1 aliphatic rings. The molecule has 1 unspecified atom stereocenters. The van der Waals surface area contributed by atoms with Crippen molar-refractivity contribution < 1.29 is 47.4 Å². The molecule has 11 nitrogen and oxygen atoms in total. The van der Waals surface area contributed by atoms with Crippen LogP contribution in [0.3, 0.4) is 0 Å². The summed E-state index contributed by atoms with van der Waals surface area (Å²) in [4.78, 5) is 33.8. The molecule has 0 bridgehead atoms. The normalized spacial score (nSPS) is 19.2. The molecule has 0 spiro atoms. The van der Waals surface area contributed by atoms with Crippen LogP contribution in [-0.2, 0) is 44.5 Å². The van der Waals surface area contributed by atoms with Crippen molar-refractivity contribution >= 4 is 19.8 Å². The quantitative estimate of drug-likeness (QED) is 0.0809. The van der Waals surface area contributed by atoms with E-state index >= 15 is 0 Å². The van der Waals surface area contributed by atoms with Gasteiger partial charge in [0.15, 0.2) is 6.10 Å². The maximum Gasteiger partial charge on any atom is 0.472 e. The molecular formula is C32H54NO10P. The maximum absolute atomic E-state index is 12.9. The number of hydrogen-bond donors (Lipinski definition) is 3. The lowest BCUT2D eigenvalue weighted by molar-refractivity contribution is -0.166. The highest BCUT2D eigenvalue weighted by Gasteiger charge is 2.37. The zero-order valence-electron chi connectivity index (χ0n) is 27.0. The number of carbonyl (C=O) groups is 2. The smallest absolute Gasteiger partial charge is 0.472 e. The molecule has 1 aliphatic heterocycles. The summed E-state index contributed by atoms with van der Waals surface area (Å²) in [6.45, 7) is 8.73. The van der Waals surface area contributed by atoms with Gasteiger partial charge in [-0.1, -0.05) is 91.2 Å². The molecule has 0 radical (unpaired) electrons. The van der Waals surface area contributed by atoms with Crippen LogP contribution in [0, 0.1) is 0 Å². The summed E-state index contributed by atoms with van der Waals surface area (Å²) in [5.74, 6) is -1.14. The predicted octanol–water partition coefficient (Wildman–Crippen LogP) is 6.07. The number of nitrogens with two attached hydrogens (primary N) is 1. The Morgan fingerprint density at radius 3 is 2.36 bits per heavy atom. The molecule has 0 saturated carbocycles. The lowest BCUT2D eigenvalue weighted by Gasteiger charge is -2.31. The number of carbonyl (C=O) groups excluding carboxylic acids is 1. The van der Waals surface area contributed by atoms with Gasteiger partial charge in [-0.05, 0) is 35.4 Å². The Balaban J connectivity index is 1.91. The van der Waals surface area contributed by atoms with Crippen molar-refractivity contribution in [3.05, 3.63) is 29.3 Å². The van der Waals surface area contributed by atoms with E-state index < -0.39 is 44.6 Å². The number of carboxylic acids is 1. The van der Waals surface area contributed by atoms with Crippen LogP contribution < -0.4 is 10.5 Å². The first kappa shape index (κ1) is 38.2. The zero-order valence-corrected chi connectivity index (χ0v) is 27.9. The number of hydrogen-bond acceptors (Lipinski definition) is 9. The third kappa shape index (κ3) is 14.8. The fourth-order valence-electron chi connectivity index (χ4n) is 4.81.